The number of benzene rings is 1. The molecule has 0 spiro atoms. The van der Waals surface area contributed by atoms with Crippen LogP contribution in [0.5, 0.6) is 0 Å². The topological polar surface area (TPSA) is 78.1 Å². The fourth-order valence-electron chi connectivity index (χ4n) is 3.75. The summed E-state index contributed by atoms with van der Waals surface area (Å²) < 4.78 is 0. The van der Waals surface area contributed by atoms with Gasteiger partial charge in [-0.3, -0.25) is 9.59 Å². The number of carbonyl (C=O) groups excluding carboxylic acids is 2. The SMILES string of the molecule is CC(=O)N1CCc2cc(NC(=O)CSc3nc(-c4cccs4)c(-c4cccs4)[nH]3)ccc21. The van der Waals surface area contributed by atoms with Crippen LogP contribution >= 0.6 is 34.4 Å². The summed E-state index contributed by atoms with van der Waals surface area (Å²) in [5.41, 5.74) is 4.66. The molecule has 162 valence electrons. The quantitative estimate of drug-likeness (QED) is 0.357. The minimum Gasteiger partial charge on any atom is -0.332 e. The molecule has 5 rings (SSSR count). The maximum atomic E-state index is 12.6. The van der Waals surface area contributed by atoms with Gasteiger partial charge in [0.1, 0.15) is 5.69 Å². The maximum Gasteiger partial charge on any atom is 0.234 e. The number of amides is 2. The highest BCUT2D eigenvalue weighted by Gasteiger charge is 2.22. The molecule has 0 saturated carbocycles. The van der Waals surface area contributed by atoms with Crippen LogP contribution in [0.1, 0.15) is 12.5 Å². The second-order valence-electron chi connectivity index (χ2n) is 7.32. The number of thioether (sulfide) groups is 1. The van der Waals surface area contributed by atoms with E-state index >= 15 is 0 Å². The molecule has 0 fully saturated rings. The summed E-state index contributed by atoms with van der Waals surface area (Å²) in [6.07, 6.45) is 0.802. The number of carbonyl (C=O) groups is 2. The Morgan fingerprint density at radius 2 is 1.94 bits per heavy atom. The molecular weight excluding hydrogens is 460 g/mol. The standard InChI is InChI=1S/C23H20N4O2S3/c1-14(28)27-9-8-15-12-16(6-7-17(15)27)24-20(29)13-32-23-25-21(18-4-2-10-30-18)22(26-23)19-5-3-11-31-19/h2-7,10-12H,8-9,13H2,1H3,(H,24,29)(H,25,26). The monoisotopic (exact) mass is 480 g/mol. The molecule has 0 radical (unpaired) electrons. The summed E-state index contributed by atoms with van der Waals surface area (Å²) in [5, 5.41) is 7.76. The van der Waals surface area contributed by atoms with Crippen molar-refractivity contribution in [1.82, 2.24) is 9.97 Å². The third kappa shape index (κ3) is 4.23. The molecule has 0 saturated heterocycles. The Morgan fingerprint density at radius 3 is 2.66 bits per heavy atom. The average Bonchev–Trinajstić information content (AvgIpc) is 3.57. The summed E-state index contributed by atoms with van der Waals surface area (Å²) >= 11 is 4.69. The smallest absolute Gasteiger partial charge is 0.234 e. The molecule has 1 aliphatic rings. The van der Waals surface area contributed by atoms with Gasteiger partial charge in [0.15, 0.2) is 5.16 Å². The Kier molecular flexibility index (Phi) is 5.86. The van der Waals surface area contributed by atoms with E-state index in [1.165, 1.54) is 11.8 Å². The molecule has 0 unspecified atom stereocenters. The molecule has 1 aliphatic heterocycles. The number of anilines is 2. The van der Waals surface area contributed by atoms with Gasteiger partial charge >= 0.3 is 0 Å². The van der Waals surface area contributed by atoms with Crippen molar-refractivity contribution in [3.8, 4) is 21.1 Å². The van der Waals surface area contributed by atoms with Crippen LogP contribution in [-0.2, 0) is 16.0 Å². The molecule has 0 atom stereocenters. The largest absolute Gasteiger partial charge is 0.332 e. The molecule has 6 nitrogen and oxygen atoms in total. The average molecular weight is 481 g/mol. The van der Waals surface area contributed by atoms with E-state index in [4.69, 9.17) is 4.98 Å². The third-order valence-corrected chi connectivity index (χ3v) is 7.82. The Morgan fingerprint density at radius 1 is 1.16 bits per heavy atom. The first-order chi connectivity index (χ1) is 15.6. The fourth-order valence-corrected chi connectivity index (χ4v) is 5.86. The van der Waals surface area contributed by atoms with E-state index in [0.29, 0.717) is 6.54 Å². The summed E-state index contributed by atoms with van der Waals surface area (Å²) in [7, 11) is 0. The van der Waals surface area contributed by atoms with E-state index in [1.807, 2.05) is 41.1 Å². The fraction of sp³-hybridized carbons (Fsp3) is 0.174. The van der Waals surface area contributed by atoms with Crippen molar-refractivity contribution in [2.24, 2.45) is 0 Å². The zero-order valence-corrected chi connectivity index (χ0v) is 19.7. The van der Waals surface area contributed by atoms with Crippen LogP contribution in [0.15, 0.2) is 58.4 Å². The Bertz CT molecular complexity index is 1210. The van der Waals surface area contributed by atoms with Crippen LogP contribution in [0.25, 0.3) is 21.1 Å². The first kappa shape index (κ1) is 21.0. The third-order valence-electron chi connectivity index (χ3n) is 5.18. The number of hydrogen-bond donors (Lipinski definition) is 2. The lowest BCUT2D eigenvalue weighted by atomic mass is 10.1. The molecule has 0 bridgehead atoms. The van der Waals surface area contributed by atoms with Crippen LogP contribution in [0.3, 0.4) is 0 Å². The van der Waals surface area contributed by atoms with Crippen LogP contribution in [0, 0.1) is 0 Å². The van der Waals surface area contributed by atoms with Crippen molar-refractivity contribution in [3.63, 3.8) is 0 Å². The Balaban J connectivity index is 1.27. The first-order valence-electron chi connectivity index (χ1n) is 10.1. The predicted molar refractivity (Wildman–Crippen MR) is 133 cm³/mol. The van der Waals surface area contributed by atoms with E-state index in [9.17, 15) is 9.59 Å². The normalized spacial score (nSPS) is 12.7. The van der Waals surface area contributed by atoms with Gasteiger partial charge in [-0.05, 0) is 53.1 Å². The molecule has 1 aromatic carbocycles. The minimum atomic E-state index is -0.0943. The zero-order valence-electron chi connectivity index (χ0n) is 17.3. The van der Waals surface area contributed by atoms with Crippen LogP contribution in [-0.4, -0.2) is 34.1 Å². The highest BCUT2D eigenvalue weighted by atomic mass is 32.2. The van der Waals surface area contributed by atoms with Crippen LogP contribution < -0.4 is 10.2 Å². The van der Waals surface area contributed by atoms with Gasteiger partial charge in [-0.1, -0.05) is 23.9 Å². The van der Waals surface area contributed by atoms with E-state index in [1.54, 1.807) is 34.5 Å². The predicted octanol–water partition coefficient (Wildman–Crippen LogP) is 5.51. The van der Waals surface area contributed by atoms with Gasteiger partial charge < -0.3 is 15.2 Å². The molecule has 4 heterocycles. The van der Waals surface area contributed by atoms with Crippen molar-refractivity contribution in [2.45, 2.75) is 18.5 Å². The van der Waals surface area contributed by atoms with Crippen molar-refractivity contribution < 1.29 is 9.59 Å². The summed E-state index contributed by atoms with van der Waals surface area (Å²) in [6.45, 7) is 2.26. The lowest BCUT2D eigenvalue weighted by molar-refractivity contribution is -0.116. The number of rotatable bonds is 6. The zero-order chi connectivity index (χ0) is 22.1. The number of thiophene rings is 2. The minimum absolute atomic E-state index is 0.0409. The van der Waals surface area contributed by atoms with E-state index < -0.39 is 0 Å². The lowest BCUT2D eigenvalue weighted by Gasteiger charge is -2.15. The summed E-state index contributed by atoms with van der Waals surface area (Å²) in [5.74, 6) is 0.195. The second kappa shape index (κ2) is 8.93. The Hall–Kier alpha value is -2.88. The van der Waals surface area contributed by atoms with Crippen molar-refractivity contribution in [3.05, 3.63) is 58.8 Å². The van der Waals surface area contributed by atoms with Gasteiger partial charge in [0.2, 0.25) is 11.8 Å². The molecule has 32 heavy (non-hydrogen) atoms. The number of nitrogens with one attached hydrogen (secondary N) is 2. The first-order valence-corrected chi connectivity index (χ1v) is 12.8. The molecular formula is C23H20N4O2S3. The second-order valence-corrected chi connectivity index (χ2v) is 10.2. The molecule has 0 aliphatic carbocycles. The number of hydrogen-bond acceptors (Lipinski definition) is 6. The Labute approximate surface area is 197 Å². The molecule has 9 heteroatoms. The van der Waals surface area contributed by atoms with Crippen molar-refractivity contribution >= 4 is 57.6 Å². The van der Waals surface area contributed by atoms with E-state index in [-0.39, 0.29) is 17.6 Å². The van der Waals surface area contributed by atoms with Gasteiger partial charge in [-0.25, -0.2) is 4.98 Å². The van der Waals surface area contributed by atoms with Crippen molar-refractivity contribution in [1.29, 1.82) is 0 Å². The van der Waals surface area contributed by atoms with Gasteiger partial charge in [-0.2, -0.15) is 0 Å². The number of imidazole rings is 1. The van der Waals surface area contributed by atoms with Crippen molar-refractivity contribution in [2.75, 3.05) is 22.5 Å². The highest BCUT2D eigenvalue weighted by Crippen LogP contribution is 2.37. The van der Waals surface area contributed by atoms with Crippen LogP contribution in [0.4, 0.5) is 11.4 Å². The van der Waals surface area contributed by atoms with Gasteiger partial charge in [0, 0.05) is 24.8 Å². The maximum absolute atomic E-state index is 12.6. The number of H-pyrrole nitrogens is 1. The summed E-state index contributed by atoms with van der Waals surface area (Å²) in [4.78, 5) is 36.4. The number of fused-ring (bicyclic) bond motifs is 1. The molecule has 2 N–H and O–H groups in total. The molecule has 2 amide bonds. The molecule has 4 aromatic rings. The number of aromatic amines is 1. The van der Waals surface area contributed by atoms with Gasteiger partial charge in [0.25, 0.3) is 0 Å². The van der Waals surface area contributed by atoms with Crippen LogP contribution in [0.2, 0.25) is 0 Å². The summed E-state index contributed by atoms with van der Waals surface area (Å²) in [6, 6.07) is 13.9. The van der Waals surface area contributed by atoms with E-state index in [0.717, 1.165) is 49.7 Å². The van der Waals surface area contributed by atoms with E-state index in [2.05, 4.69) is 22.4 Å². The number of aromatic nitrogens is 2. The highest BCUT2D eigenvalue weighted by molar-refractivity contribution is 7.99. The lowest BCUT2D eigenvalue weighted by Crippen LogP contribution is -2.25. The molecule has 3 aromatic heterocycles. The number of nitrogens with zero attached hydrogens (tertiary/aromatic N) is 2. The van der Waals surface area contributed by atoms with Gasteiger partial charge in [0.05, 0.1) is 21.2 Å². The van der Waals surface area contributed by atoms with Gasteiger partial charge in [-0.15, -0.1) is 22.7 Å².